The predicted molar refractivity (Wildman–Crippen MR) is 37.5 cm³/mol. The van der Waals surface area contributed by atoms with Crippen LogP contribution in [-0.2, 0) is 9.53 Å². The van der Waals surface area contributed by atoms with Crippen LogP contribution in [0.3, 0.4) is 0 Å². The molecule has 1 atom stereocenters. The summed E-state index contributed by atoms with van der Waals surface area (Å²) in [7, 11) is 0. The van der Waals surface area contributed by atoms with Gasteiger partial charge >= 0.3 is 0 Å². The van der Waals surface area contributed by atoms with E-state index in [1.807, 2.05) is 0 Å². The Bertz CT molecular complexity index is 108. The van der Waals surface area contributed by atoms with Crippen molar-refractivity contribution < 1.29 is 9.53 Å². The van der Waals surface area contributed by atoms with Crippen LogP contribution < -0.4 is 0 Å². The number of carbonyl (C=O) groups is 1. The molecule has 1 fully saturated rings. The van der Waals surface area contributed by atoms with Gasteiger partial charge in [0, 0.05) is 12.2 Å². The molecular formula is C6H10O2S. The van der Waals surface area contributed by atoms with E-state index in [4.69, 9.17) is 4.74 Å². The Morgan fingerprint density at radius 2 is 2.67 bits per heavy atom. The first-order chi connectivity index (χ1) is 4.29. The highest BCUT2D eigenvalue weighted by Crippen LogP contribution is 2.22. The molecule has 0 N–H and O–H groups in total. The van der Waals surface area contributed by atoms with Gasteiger partial charge in [-0.3, -0.25) is 4.79 Å². The highest BCUT2D eigenvalue weighted by Gasteiger charge is 2.16. The third-order valence-corrected chi connectivity index (χ3v) is 2.22. The van der Waals surface area contributed by atoms with Gasteiger partial charge in [0.2, 0.25) is 0 Å². The Balaban J connectivity index is 2.19. The fourth-order valence-electron chi connectivity index (χ4n) is 0.760. The maximum absolute atomic E-state index is 10.5. The van der Waals surface area contributed by atoms with Crippen molar-refractivity contribution in [2.75, 3.05) is 12.4 Å². The Morgan fingerprint density at radius 1 is 1.89 bits per heavy atom. The van der Waals surface area contributed by atoms with Crippen LogP contribution in [0.1, 0.15) is 13.3 Å². The molecule has 52 valence electrons. The van der Waals surface area contributed by atoms with Crippen molar-refractivity contribution in [2.45, 2.75) is 18.8 Å². The van der Waals surface area contributed by atoms with Gasteiger partial charge in [-0.15, -0.1) is 11.8 Å². The zero-order valence-electron chi connectivity index (χ0n) is 5.42. The van der Waals surface area contributed by atoms with Gasteiger partial charge < -0.3 is 4.74 Å². The number of carbonyl (C=O) groups excluding carboxylic acids is 1. The largest absolute Gasteiger partial charge is 0.366 e. The molecule has 1 saturated heterocycles. The van der Waals surface area contributed by atoms with Crippen molar-refractivity contribution in [3.63, 3.8) is 0 Å². The standard InChI is InChI=1S/C6H10O2S/c1-5(7)4-6-8-2-3-9-6/h6H,2-4H2,1H3. The van der Waals surface area contributed by atoms with Crippen LogP contribution in [-0.4, -0.2) is 23.6 Å². The average molecular weight is 146 g/mol. The predicted octanol–water partition coefficient (Wildman–Crippen LogP) is 1.05. The number of hydrogen-bond acceptors (Lipinski definition) is 3. The van der Waals surface area contributed by atoms with Crippen molar-refractivity contribution in [2.24, 2.45) is 0 Å². The highest BCUT2D eigenvalue weighted by molar-refractivity contribution is 8.00. The first-order valence-corrected chi connectivity index (χ1v) is 4.06. The third kappa shape index (κ3) is 2.37. The van der Waals surface area contributed by atoms with Gasteiger partial charge in [0.15, 0.2) is 0 Å². The second kappa shape index (κ2) is 3.22. The molecular weight excluding hydrogens is 136 g/mol. The smallest absolute Gasteiger partial charge is 0.133 e. The van der Waals surface area contributed by atoms with Gasteiger partial charge in [-0.25, -0.2) is 0 Å². The van der Waals surface area contributed by atoms with E-state index in [-0.39, 0.29) is 11.2 Å². The molecule has 0 aliphatic carbocycles. The maximum atomic E-state index is 10.5. The number of ketones is 1. The zero-order valence-corrected chi connectivity index (χ0v) is 6.24. The van der Waals surface area contributed by atoms with E-state index in [0.717, 1.165) is 12.4 Å². The first-order valence-electron chi connectivity index (χ1n) is 3.01. The van der Waals surface area contributed by atoms with Gasteiger partial charge in [-0.2, -0.15) is 0 Å². The lowest BCUT2D eigenvalue weighted by molar-refractivity contribution is -0.118. The molecule has 0 aromatic heterocycles. The average Bonchev–Trinajstić information content (AvgIpc) is 2.15. The van der Waals surface area contributed by atoms with Gasteiger partial charge in [-0.1, -0.05) is 0 Å². The van der Waals surface area contributed by atoms with Gasteiger partial charge in [0.05, 0.1) is 6.61 Å². The van der Waals surface area contributed by atoms with Crippen molar-refractivity contribution in [1.82, 2.24) is 0 Å². The van der Waals surface area contributed by atoms with E-state index in [1.165, 1.54) is 0 Å². The van der Waals surface area contributed by atoms with Crippen LogP contribution in [0.5, 0.6) is 0 Å². The molecule has 1 aliphatic rings. The summed E-state index contributed by atoms with van der Waals surface area (Å²) in [6.07, 6.45) is 0.574. The zero-order chi connectivity index (χ0) is 6.69. The SMILES string of the molecule is CC(=O)CC1OCCS1. The molecule has 0 bridgehead atoms. The molecule has 2 nitrogen and oxygen atoms in total. The summed E-state index contributed by atoms with van der Waals surface area (Å²) in [5, 5.41) is 0. The molecule has 0 radical (unpaired) electrons. The van der Waals surface area contributed by atoms with Gasteiger partial charge in [-0.05, 0) is 6.92 Å². The minimum absolute atomic E-state index is 0.155. The summed E-state index contributed by atoms with van der Waals surface area (Å²) >= 11 is 1.73. The molecule has 0 aromatic rings. The Hall–Kier alpha value is -0.0200. The molecule has 3 heteroatoms. The normalized spacial score (nSPS) is 26.6. The highest BCUT2D eigenvalue weighted by atomic mass is 32.2. The Kier molecular flexibility index (Phi) is 2.54. The molecule has 1 heterocycles. The van der Waals surface area contributed by atoms with E-state index in [1.54, 1.807) is 18.7 Å². The summed E-state index contributed by atoms with van der Waals surface area (Å²) in [5.74, 6) is 1.26. The van der Waals surface area contributed by atoms with E-state index in [2.05, 4.69) is 0 Å². The molecule has 9 heavy (non-hydrogen) atoms. The quantitative estimate of drug-likeness (QED) is 0.582. The topological polar surface area (TPSA) is 26.3 Å². The molecule has 1 unspecified atom stereocenters. The molecule has 0 amide bonds. The van der Waals surface area contributed by atoms with E-state index < -0.39 is 0 Å². The monoisotopic (exact) mass is 146 g/mol. The van der Waals surface area contributed by atoms with Crippen LogP contribution in [0.4, 0.5) is 0 Å². The van der Waals surface area contributed by atoms with Crippen molar-refractivity contribution in [3.8, 4) is 0 Å². The minimum atomic E-state index is 0.155. The van der Waals surface area contributed by atoms with E-state index in [0.29, 0.717) is 6.42 Å². The number of thioether (sulfide) groups is 1. The van der Waals surface area contributed by atoms with E-state index >= 15 is 0 Å². The number of Topliss-reactive ketones (excluding diaryl/α,β-unsaturated/α-hetero) is 1. The fourth-order valence-corrected chi connectivity index (χ4v) is 1.76. The lowest BCUT2D eigenvalue weighted by atomic mass is 10.3. The second-order valence-electron chi connectivity index (χ2n) is 2.08. The van der Waals surface area contributed by atoms with Crippen molar-refractivity contribution in [1.29, 1.82) is 0 Å². The Morgan fingerprint density at radius 3 is 3.11 bits per heavy atom. The van der Waals surface area contributed by atoms with Gasteiger partial charge in [0.25, 0.3) is 0 Å². The number of hydrogen-bond donors (Lipinski definition) is 0. The van der Waals surface area contributed by atoms with Crippen LogP contribution in [0.25, 0.3) is 0 Å². The maximum Gasteiger partial charge on any atom is 0.133 e. The molecule has 0 saturated carbocycles. The van der Waals surface area contributed by atoms with Gasteiger partial charge in [0.1, 0.15) is 11.2 Å². The first kappa shape index (κ1) is 7.09. The molecule has 1 aliphatic heterocycles. The van der Waals surface area contributed by atoms with Crippen LogP contribution >= 0.6 is 11.8 Å². The molecule has 0 spiro atoms. The third-order valence-electron chi connectivity index (χ3n) is 1.14. The fraction of sp³-hybridized carbons (Fsp3) is 0.833. The lowest BCUT2D eigenvalue weighted by Crippen LogP contribution is -2.06. The Labute approximate surface area is 59.0 Å². The molecule has 1 rings (SSSR count). The number of rotatable bonds is 2. The van der Waals surface area contributed by atoms with Crippen molar-refractivity contribution in [3.05, 3.63) is 0 Å². The number of ether oxygens (including phenoxy) is 1. The van der Waals surface area contributed by atoms with Crippen LogP contribution in [0.2, 0.25) is 0 Å². The van der Waals surface area contributed by atoms with Crippen LogP contribution in [0, 0.1) is 0 Å². The minimum Gasteiger partial charge on any atom is -0.366 e. The summed E-state index contributed by atoms with van der Waals surface area (Å²) < 4.78 is 5.21. The lowest BCUT2D eigenvalue weighted by Gasteiger charge is -2.03. The summed E-state index contributed by atoms with van der Waals surface area (Å²) in [6.45, 7) is 2.41. The summed E-state index contributed by atoms with van der Waals surface area (Å²) in [5.41, 5.74) is 0.155. The van der Waals surface area contributed by atoms with E-state index in [9.17, 15) is 4.79 Å². The summed E-state index contributed by atoms with van der Waals surface area (Å²) in [6, 6.07) is 0. The van der Waals surface area contributed by atoms with Crippen molar-refractivity contribution >= 4 is 17.5 Å². The second-order valence-corrected chi connectivity index (χ2v) is 3.34. The van der Waals surface area contributed by atoms with Crippen LogP contribution in [0.15, 0.2) is 0 Å². The summed E-state index contributed by atoms with van der Waals surface area (Å²) in [4.78, 5) is 10.5. The molecule has 0 aromatic carbocycles.